The molecule has 0 bridgehead atoms. The number of aromatic nitrogens is 2. The lowest BCUT2D eigenvalue weighted by molar-refractivity contribution is 0.557. The van der Waals surface area contributed by atoms with Gasteiger partial charge in [0.1, 0.15) is 16.8 Å². The SMILES string of the molecule is Cc1c(Cl)nc(C(C)C)nc1NC(C)C(C)C. The monoisotopic (exact) mass is 255 g/mol. The molecular weight excluding hydrogens is 234 g/mol. The van der Waals surface area contributed by atoms with E-state index < -0.39 is 0 Å². The molecular formula is C13H22ClN3. The molecule has 1 heterocycles. The smallest absolute Gasteiger partial charge is 0.137 e. The molecule has 1 unspecified atom stereocenters. The van der Waals surface area contributed by atoms with Gasteiger partial charge in [0.05, 0.1) is 0 Å². The second-order valence-corrected chi connectivity index (χ2v) is 5.54. The van der Waals surface area contributed by atoms with Gasteiger partial charge in [-0.1, -0.05) is 39.3 Å². The van der Waals surface area contributed by atoms with Crippen LogP contribution < -0.4 is 5.32 Å². The van der Waals surface area contributed by atoms with Gasteiger partial charge in [0.25, 0.3) is 0 Å². The van der Waals surface area contributed by atoms with Gasteiger partial charge >= 0.3 is 0 Å². The molecule has 0 amide bonds. The summed E-state index contributed by atoms with van der Waals surface area (Å²) in [6, 6.07) is 0.361. The molecule has 1 N–H and O–H groups in total. The number of anilines is 1. The Kier molecular flexibility index (Phi) is 4.75. The normalized spacial score (nSPS) is 13.2. The van der Waals surface area contributed by atoms with Gasteiger partial charge in [0.2, 0.25) is 0 Å². The molecule has 0 aliphatic carbocycles. The van der Waals surface area contributed by atoms with Crippen LogP contribution in [0.4, 0.5) is 5.82 Å². The number of nitrogens with zero attached hydrogens (tertiary/aromatic N) is 2. The molecule has 1 aromatic rings. The first kappa shape index (κ1) is 14.2. The highest BCUT2D eigenvalue weighted by Crippen LogP contribution is 2.24. The third-order valence-corrected chi connectivity index (χ3v) is 3.35. The van der Waals surface area contributed by atoms with Gasteiger partial charge in [0.15, 0.2) is 0 Å². The molecule has 3 nitrogen and oxygen atoms in total. The van der Waals surface area contributed by atoms with Crippen molar-refractivity contribution in [3.63, 3.8) is 0 Å². The Labute approximate surface area is 109 Å². The predicted octanol–water partition coefficient (Wildman–Crippen LogP) is 4.02. The van der Waals surface area contributed by atoms with Crippen LogP contribution in [-0.4, -0.2) is 16.0 Å². The van der Waals surface area contributed by atoms with Crippen LogP contribution >= 0.6 is 11.6 Å². The maximum Gasteiger partial charge on any atom is 0.137 e. The molecule has 17 heavy (non-hydrogen) atoms. The lowest BCUT2D eigenvalue weighted by atomic mass is 10.1. The summed E-state index contributed by atoms with van der Waals surface area (Å²) < 4.78 is 0. The van der Waals surface area contributed by atoms with Crippen molar-refractivity contribution in [2.24, 2.45) is 5.92 Å². The van der Waals surface area contributed by atoms with Gasteiger partial charge < -0.3 is 5.32 Å². The highest BCUT2D eigenvalue weighted by atomic mass is 35.5. The Hall–Kier alpha value is -0.830. The zero-order valence-electron chi connectivity index (χ0n) is 11.5. The van der Waals surface area contributed by atoms with Crippen molar-refractivity contribution in [2.45, 2.75) is 53.5 Å². The van der Waals surface area contributed by atoms with E-state index in [1.165, 1.54) is 0 Å². The standard InChI is InChI=1S/C13H22ClN3/c1-7(2)10(6)15-13-9(5)11(14)16-12(17-13)8(3)4/h7-8,10H,1-6H3,(H,15,16,17). The summed E-state index contributed by atoms with van der Waals surface area (Å²) in [6.45, 7) is 12.6. The van der Waals surface area contributed by atoms with Crippen molar-refractivity contribution < 1.29 is 0 Å². The Morgan fingerprint density at radius 3 is 2.12 bits per heavy atom. The minimum absolute atomic E-state index is 0.281. The Bertz CT molecular complexity index is 388. The molecule has 1 aromatic heterocycles. The first-order valence-corrected chi connectivity index (χ1v) is 6.51. The molecule has 1 rings (SSSR count). The van der Waals surface area contributed by atoms with E-state index >= 15 is 0 Å². The van der Waals surface area contributed by atoms with E-state index in [1.807, 2.05) is 6.92 Å². The summed E-state index contributed by atoms with van der Waals surface area (Å²) in [5, 5.41) is 3.95. The summed E-state index contributed by atoms with van der Waals surface area (Å²) in [7, 11) is 0. The first-order chi connectivity index (χ1) is 7.82. The fourth-order valence-corrected chi connectivity index (χ4v) is 1.46. The quantitative estimate of drug-likeness (QED) is 0.826. The summed E-state index contributed by atoms with van der Waals surface area (Å²) in [5.41, 5.74) is 0.920. The van der Waals surface area contributed by atoms with Crippen molar-refractivity contribution >= 4 is 17.4 Å². The summed E-state index contributed by atoms with van der Waals surface area (Å²) in [4.78, 5) is 8.85. The van der Waals surface area contributed by atoms with E-state index in [4.69, 9.17) is 11.6 Å². The maximum atomic E-state index is 6.13. The van der Waals surface area contributed by atoms with Crippen LogP contribution in [0.3, 0.4) is 0 Å². The molecule has 0 saturated heterocycles. The van der Waals surface area contributed by atoms with Crippen LogP contribution in [0.15, 0.2) is 0 Å². The Balaban J connectivity index is 3.05. The number of nitrogens with one attached hydrogen (secondary N) is 1. The van der Waals surface area contributed by atoms with Crippen LogP contribution in [0.1, 0.15) is 51.9 Å². The first-order valence-electron chi connectivity index (χ1n) is 6.13. The van der Waals surface area contributed by atoms with Crippen LogP contribution in [0, 0.1) is 12.8 Å². The van der Waals surface area contributed by atoms with Crippen LogP contribution in [0.25, 0.3) is 0 Å². The minimum atomic E-state index is 0.281. The van der Waals surface area contributed by atoms with Gasteiger partial charge in [-0.2, -0.15) is 0 Å². The molecule has 0 aliphatic rings. The van der Waals surface area contributed by atoms with E-state index in [9.17, 15) is 0 Å². The summed E-state index contributed by atoms with van der Waals surface area (Å²) in [6.07, 6.45) is 0. The maximum absolute atomic E-state index is 6.13. The molecule has 1 atom stereocenters. The fourth-order valence-electron chi connectivity index (χ4n) is 1.29. The second-order valence-electron chi connectivity index (χ2n) is 5.18. The molecule has 4 heteroatoms. The fraction of sp³-hybridized carbons (Fsp3) is 0.692. The topological polar surface area (TPSA) is 37.8 Å². The van der Waals surface area contributed by atoms with E-state index in [0.29, 0.717) is 17.1 Å². The molecule has 0 saturated carbocycles. The van der Waals surface area contributed by atoms with Gasteiger partial charge in [-0.05, 0) is 19.8 Å². The number of hydrogen-bond acceptors (Lipinski definition) is 3. The van der Waals surface area contributed by atoms with Crippen molar-refractivity contribution in [2.75, 3.05) is 5.32 Å². The van der Waals surface area contributed by atoms with E-state index in [2.05, 4.69) is 49.9 Å². The lowest BCUT2D eigenvalue weighted by Crippen LogP contribution is -2.23. The Morgan fingerprint density at radius 2 is 1.65 bits per heavy atom. The molecule has 96 valence electrons. The largest absolute Gasteiger partial charge is 0.367 e. The molecule has 0 spiro atoms. The van der Waals surface area contributed by atoms with Crippen molar-refractivity contribution in [3.05, 3.63) is 16.5 Å². The van der Waals surface area contributed by atoms with Gasteiger partial charge in [0, 0.05) is 17.5 Å². The van der Waals surface area contributed by atoms with E-state index in [1.54, 1.807) is 0 Å². The predicted molar refractivity (Wildman–Crippen MR) is 73.8 cm³/mol. The van der Waals surface area contributed by atoms with Gasteiger partial charge in [-0.25, -0.2) is 9.97 Å². The highest BCUT2D eigenvalue weighted by molar-refractivity contribution is 6.30. The summed E-state index contributed by atoms with van der Waals surface area (Å²) in [5.74, 6) is 2.47. The number of rotatable bonds is 4. The highest BCUT2D eigenvalue weighted by Gasteiger charge is 2.14. The van der Waals surface area contributed by atoms with Gasteiger partial charge in [-0.15, -0.1) is 0 Å². The number of halogens is 1. The Morgan fingerprint density at radius 1 is 1.06 bits per heavy atom. The van der Waals surface area contributed by atoms with E-state index in [0.717, 1.165) is 17.2 Å². The molecule has 0 aromatic carbocycles. The zero-order valence-corrected chi connectivity index (χ0v) is 12.3. The lowest BCUT2D eigenvalue weighted by Gasteiger charge is -2.20. The number of hydrogen-bond donors (Lipinski definition) is 1. The van der Waals surface area contributed by atoms with Crippen molar-refractivity contribution in [1.82, 2.24) is 9.97 Å². The van der Waals surface area contributed by atoms with Gasteiger partial charge in [-0.3, -0.25) is 0 Å². The molecule has 0 fully saturated rings. The summed E-state index contributed by atoms with van der Waals surface area (Å²) >= 11 is 6.13. The average molecular weight is 256 g/mol. The molecule has 0 radical (unpaired) electrons. The second kappa shape index (κ2) is 5.67. The van der Waals surface area contributed by atoms with Crippen LogP contribution in [0.5, 0.6) is 0 Å². The van der Waals surface area contributed by atoms with Crippen molar-refractivity contribution in [3.8, 4) is 0 Å². The van der Waals surface area contributed by atoms with Crippen LogP contribution in [0.2, 0.25) is 5.15 Å². The van der Waals surface area contributed by atoms with Crippen LogP contribution in [-0.2, 0) is 0 Å². The molecule has 0 aliphatic heterocycles. The zero-order chi connectivity index (χ0) is 13.2. The van der Waals surface area contributed by atoms with E-state index in [-0.39, 0.29) is 5.92 Å². The third-order valence-electron chi connectivity index (χ3n) is 2.98. The van der Waals surface area contributed by atoms with Crippen molar-refractivity contribution in [1.29, 1.82) is 0 Å². The third kappa shape index (κ3) is 3.56. The minimum Gasteiger partial charge on any atom is -0.367 e. The average Bonchev–Trinajstić information content (AvgIpc) is 2.23.